The number of rotatable bonds is 4. The van der Waals surface area contributed by atoms with Crippen LogP contribution in [0.1, 0.15) is 35.6 Å². The molecular formula is C22H17F6N5O. The van der Waals surface area contributed by atoms with Crippen LogP contribution in [0.4, 0.5) is 26.3 Å². The molecule has 0 aliphatic heterocycles. The predicted octanol–water partition coefficient (Wildman–Crippen LogP) is 5.01. The van der Waals surface area contributed by atoms with Gasteiger partial charge in [0.1, 0.15) is 28.4 Å². The van der Waals surface area contributed by atoms with Gasteiger partial charge in [-0.3, -0.25) is 14.6 Å². The molecule has 3 aromatic heterocycles. The number of hydrogen-bond acceptors (Lipinski definition) is 4. The van der Waals surface area contributed by atoms with Crippen molar-refractivity contribution in [3.05, 3.63) is 65.6 Å². The van der Waals surface area contributed by atoms with E-state index < -0.39 is 29.4 Å². The number of benzene rings is 1. The van der Waals surface area contributed by atoms with Crippen molar-refractivity contribution in [3.8, 4) is 11.1 Å². The Balaban J connectivity index is 2.05. The highest BCUT2D eigenvalue weighted by molar-refractivity contribution is 5.96. The number of halogens is 6. The van der Waals surface area contributed by atoms with Crippen molar-refractivity contribution in [3.63, 3.8) is 0 Å². The number of pyridine rings is 2. The number of nitrogens with one attached hydrogen (secondary N) is 1. The number of hydrazine groups is 1. The summed E-state index contributed by atoms with van der Waals surface area (Å²) in [6.07, 6.45) is -4.78. The normalized spacial score (nSPS) is 13.0. The summed E-state index contributed by atoms with van der Waals surface area (Å²) < 4.78 is 83.6. The standard InChI is InChI=1S/C22H17F6N5O/c1-20(2,23)12-5-3-11(4-6-12)14-9-16(21(24,25)22(26,27)28)31-18-13(14)7-8-17-30-15(10-33(17)18)19(34)32-29/h3-10H,29H2,1-2H3,(H,32,34). The Morgan fingerprint density at radius 2 is 1.62 bits per heavy atom. The minimum Gasteiger partial charge on any atom is -0.289 e. The highest BCUT2D eigenvalue weighted by Crippen LogP contribution is 2.45. The zero-order chi connectivity index (χ0) is 25.1. The Morgan fingerprint density at radius 3 is 2.18 bits per heavy atom. The van der Waals surface area contributed by atoms with E-state index in [0.717, 1.165) is 10.6 Å². The van der Waals surface area contributed by atoms with Gasteiger partial charge in [0, 0.05) is 11.6 Å². The highest BCUT2D eigenvalue weighted by Gasteiger charge is 2.60. The summed E-state index contributed by atoms with van der Waals surface area (Å²) in [4.78, 5) is 19.5. The second kappa shape index (κ2) is 7.69. The minimum atomic E-state index is -5.90. The Hall–Kier alpha value is -3.67. The van der Waals surface area contributed by atoms with Gasteiger partial charge in [0.2, 0.25) is 0 Å². The molecule has 4 aromatic rings. The van der Waals surface area contributed by atoms with Gasteiger partial charge < -0.3 is 0 Å². The van der Waals surface area contributed by atoms with E-state index in [2.05, 4.69) is 9.97 Å². The largest absolute Gasteiger partial charge is 0.459 e. The molecule has 3 heterocycles. The number of fused-ring (bicyclic) bond motifs is 3. The molecule has 1 amide bonds. The van der Waals surface area contributed by atoms with Crippen LogP contribution in [-0.4, -0.2) is 26.5 Å². The van der Waals surface area contributed by atoms with Crippen LogP contribution < -0.4 is 11.3 Å². The Labute approximate surface area is 188 Å². The molecule has 6 nitrogen and oxygen atoms in total. The van der Waals surface area contributed by atoms with Crippen molar-refractivity contribution < 1.29 is 31.1 Å². The molecule has 0 spiro atoms. The third kappa shape index (κ3) is 3.83. The maximum atomic E-state index is 14.4. The van der Waals surface area contributed by atoms with Gasteiger partial charge >= 0.3 is 12.1 Å². The summed E-state index contributed by atoms with van der Waals surface area (Å²) >= 11 is 0. The summed E-state index contributed by atoms with van der Waals surface area (Å²) in [6, 6.07) is 9.22. The van der Waals surface area contributed by atoms with Gasteiger partial charge in [-0.15, -0.1) is 0 Å². The van der Waals surface area contributed by atoms with E-state index in [1.807, 2.05) is 5.43 Å². The van der Waals surface area contributed by atoms with Crippen LogP contribution >= 0.6 is 0 Å². The average Bonchev–Trinajstić information content (AvgIpc) is 3.21. The lowest BCUT2D eigenvalue weighted by atomic mass is 9.95. The lowest BCUT2D eigenvalue weighted by Crippen LogP contribution is -2.34. The predicted molar refractivity (Wildman–Crippen MR) is 112 cm³/mol. The zero-order valence-corrected chi connectivity index (χ0v) is 17.7. The topological polar surface area (TPSA) is 85.3 Å². The van der Waals surface area contributed by atoms with Crippen LogP contribution in [0.25, 0.3) is 27.8 Å². The van der Waals surface area contributed by atoms with E-state index in [0.29, 0.717) is 11.6 Å². The number of nitrogens with two attached hydrogens (primary N) is 1. The number of carbonyl (C=O) groups is 1. The highest BCUT2D eigenvalue weighted by atomic mass is 19.4. The van der Waals surface area contributed by atoms with Crippen LogP contribution in [0.5, 0.6) is 0 Å². The van der Waals surface area contributed by atoms with E-state index in [-0.39, 0.29) is 33.5 Å². The molecule has 34 heavy (non-hydrogen) atoms. The van der Waals surface area contributed by atoms with E-state index >= 15 is 0 Å². The van der Waals surface area contributed by atoms with Crippen LogP contribution in [0.2, 0.25) is 0 Å². The molecule has 0 aliphatic rings. The van der Waals surface area contributed by atoms with Gasteiger partial charge in [0.15, 0.2) is 0 Å². The van der Waals surface area contributed by atoms with Crippen molar-refractivity contribution in [1.29, 1.82) is 0 Å². The molecular weight excluding hydrogens is 464 g/mol. The van der Waals surface area contributed by atoms with Crippen molar-refractivity contribution >= 4 is 22.6 Å². The van der Waals surface area contributed by atoms with Crippen molar-refractivity contribution in [1.82, 2.24) is 19.8 Å². The summed E-state index contributed by atoms with van der Waals surface area (Å²) in [5.74, 6) is -0.965. The number of hydrogen-bond donors (Lipinski definition) is 2. The molecule has 0 fully saturated rings. The van der Waals surface area contributed by atoms with Gasteiger partial charge in [-0.1, -0.05) is 24.3 Å². The number of imidazole rings is 1. The molecule has 0 bridgehead atoms. The molecule has 178 valence electrons. The fourth-order valence-electron chi connectivity index (χ4n) is 3.50. The maximum Gasteiger partial charge on any atom is 0.459 e. The van der Waals surface area contributed by atoms with E-state index in [4.69, 9.17) is 5.84 Å². The zero-order valence-electron chi connectivity index (χ0n) is 17.7. The van der Waals surface area contributed by atoms with Gasteiger partial charge in [0.05, 0.1) is 0 Å². The molecule has 0 atom stereocenters. The van der Waals surface area contributed by atoms with E-state index in [1.54, 1.807) is 0 Å². The van der Waals surface area contributed by atoms with Gasteiger partial charge in [-0.25, -0.2) is 20.2 Å². The summed E-state index contributed by atoms with van der Waals surface area (Å²) in [7, 11) is 0. The smallest absolute Gasteiger partial charge is 0.289 e. The van der Waals surface area contributed by atoms with Crippen molar-refractivity contribution in [2.45, 2.75) is 31.6 Å². The first-order valence-electron chi connectivity index (χ1n) is 9.82. The van der Waals surface area contributed by atoms with Gasteiger partial charge in [-0.05, 0) is 48.7 Å². The number of nitrogen functional groups attached to an aromatic ring is 1. The molecule has 4 rings (SSSR count). The number of alkyl halides is 6. The molecule has 12 heteroatoms. The summed E-state index contributed by atoms with van der Waals surface area (Å²) in [6.45, 7) is 2.66. The number of carbonyl (C=O) groups excluding carboxylic acids is 1. The first-order chi connectivity index (χ1) is 15.7. The summed E-state index contributed by atoms with van der Waals surface area (Å²) in [5, 5.41) is 0.207. The number of aromatic nitrogens is 3. The van der Waals surface area contributed by atoms with E-state index in [1.165, 1.54) is 50.2 Å². The van der Waals surface area contributed by atoms with Gasteiger partial charge in [-0.2, -0.15) is 22.0 Å². The average molecular weight is 481 g/mol. The first kappa shape index (κ1) is 23.5. The van der Waals surface area contributed by atoms with Crippen LogP contribution in [0, 0.1) is 0 Å². The second-order valence-corrected chi connectivity index (χ2v) is 8.08. The summed E-state index contributed by atoms with van der Waals surface area (Å²) in [5.41, 5.74) is -1.19. The van der Waals surface area contributed by atoms with Crippen LogP contribution in [0.15, 0.2) is 48.7 Å². The molecule has 0 saturated carbocycles. The van der Waals surface area contributed by atoms with Crippen LogP contribution in [-0.2, 0) is 11.6 Å². The van der Waals surface area contributed by atoms with E-state index in [9.17, 15) is 31.1 Å². The number of nitrogens with zero attached hydrogens (tertiary/aromatic N) is 3. The third-order valence-corrected chi connectivity index (χ3v) is 5.32. The quantitative estimate of drug-likeness (QED) is 0.186. The molecule has 0 radical (unpaired) electrons. The fourth-order valence-corrected chi connectivity index (χ4v) is 3.50. The third-order valence-electron chi connectivity index (χ3n) is 5.32. The first-order valence-corrected chi connectivity index (χ1v) is 9.82. The lowest BCUT2D eigenvalue weighted by molar-refractivity contribution is -0.290. The van der Waals surface area contributed by atoms with Crippen molar-refractivity contribution in [2.75, 3.05) is 0 Å². The molecule has 0 unspecified atom stereocenters. The Bertz CT molecular complexity index is 1400. The van der Waals surface area contributed by atoms with Gasteiger partial charge in [0.25, 0.3) is 5.91 Å². The Kier molecular flexibility index (Phi) is 5.31. The molecule has 1 aromatic carbocycles. The Morgan fingerprint density at radius 1 is 0.971 bits per heavy atom. The molecule has 0 aliphatic carbocycles. The maximum absolute atomic E-state index is 14.4. The SMILES string of the molecule is CC(C)(F)c1ccc(-c2cc(C(F)(F)C(F)(F)F)nc3c2ccc2nc(C(=O)NN)cn23)cc1. The second-order valence-electron chi connectivity index (χ2n) is 8.08. The molecule has 3 N–H and O–H groups in total. The lowest BCUT2D eigenvalue weighted by Gasteiger charge is -2.21. The molecule has 0 saturated heterocycles. The monoisotopic (exact) mass is 481 g/mol. The number of amides is 1. The van der Waals surface area contributed by atoms with Crippen molar-refractivity contribution in [2.24, 2.45) is 5.84 Å². The minimum absolute atomic E-state index is 0.00701. The fraction of sp³-hybridized carbons (Fsp3) is 0.227. The van der Waals surface area contributed by atoms with Crippen LogP contribution in [0.3, 0.4) is 0 Å².